The lowest BCUT2D eigenvalue weighted by Gasteiger charge is -2.29. The van der Waals surface area contributed by atoms with E-state index in [2.05, 4.69) is 35.6 Å². The number of hydrogen-bond donors (Lipinski definition) is 2. The highest BCUT2D eigenvalue weighted by atomic mass is 14.9. The third-order valence-corrected chi connectivity index (χ3v) is 3.31. The summed E-state index contributed by atoms with van der Waals surface area (Å²) in [6, 6.07) is 11.1. The van der Waals surface area contributed by atoms with Crippen molar-refractivity contribution >= 4 is 0 Å². The van der Waals surface area contributed by atoms with Crippen molar-refractivity contribution in [2.24, 2.45) is 11.7 Å². The summed E-state index contributed by atoms with van der Waals surface area (Å²) in [6.45, 7) is 2.18. The van der Waals surface area contributed by atoms with Crippen LogP contribution in [0, 0.1) is 5.92 Å². The molecule has 0 bridgehead atoms. The van der Waals surface area contributed by atoms with Crippen LogP contribution >= 0.6 is 0 Å². The molecule has 3 N–H and O–H groups in total. The Balaban J connectivity index is 1.82. The van der Waals surface area contributed by atoms with Crippen LogP contribution in [-0.2, 0) is 6.42 Å². The second kappa shape index (κ2) is 5.29. The van der Waals surface area contributed by atoms with E-state index < -0.39 is 0 Å². The molecule has 1 heterocycles. The van der Waals surface area contributed by atoms with Crippen molar-refractivity contribution in [2.45, 2.75) is 25.3 Å². The minimum Gasteiger partial charge on any atom is -0.327 e. The number of hydrogen-bond acceptors (Lipinski definition) is 2. The van der Waals surface area contributed by atoms with E-state index in [0.717, 1.165) is 25.9 Å². The van der Waals surface area contributed by atoms with Crippen molar-refractivity contribution < 1.29 is 0 Å². The van der Waals surface area contributed by atoms with Crippen LogP contribution in [0.1, 0.15) is 18.4 Å². The molecule has 15 heavy (non-hydrogen) atoms. The standard InChI is InChI=1S/C13H20N2/c14-13-8-9-15-10-12(13)7-6-11-4-2-1-3-5-11/h1-5,12-13,15H,6-10,14H2. The second-order valence-corrected chi connectivity index (χ2v) is 4.44. The minimum absolute atomic E-state index is 0.398. The molecule has 1 aromatic rings. The molecule has 0 spiro atoms. The SMILES string of the molecule is NC1CCNCC1CCc1ccccc1. The van der Waals surface area contributed by atoms with Crippen LogP contribution in [0.3, 0.4) is 0 Å². The molecule has 82 valence electrons. The van der Waals surface area contributed by atoms with Crippen molar-refractivity contribution in [3.63, 3.8) is 0 Å². The van der Waals surface area contributed by atoms with Gasteiger partial charge < -0.3 is 11.1 Å². The normalized spacial score (nSPS) is 26.5. The first kappa shape index (κ1) is 10.7. The van der Waals surface area contributed by atoms with E-state index in [1.807, 2.05) is 0 Å². The third-order valence-electron chi connectivity index (χ3n) is 3.31. The zero-order chi connectivity index (χ0) is 10.5. The summed E-state index contributed by atoms with van der Waals surface area (Å²) in [5, 5.41) is 3.42. The first-order valence-corrected chi connectivity index (χ1v) is 5.86. The van der Waals surface area contributed by atoms with Gasteiger partial charge in [-0.2, -0.15) is 0 Å². The molecule has 1 aromatic carbocycles. The molecule has 0 radical (unpaired) electrons. The van der Waals surface area contributed by atoms with E-state index in [4.69, 9.17) is 5.73 Å². The lowest BCUT2D eigenvalue weighted by atomic mass is 9.89. The molecular formula is C13H20N2. The fraction of sp³-hybridized carbons (Fsp3) is 0.538. The van der Waals surface area contributed by atoms with Gasteiger partial charge in [-0.3, -0.25) is 0 Å². The smallest absolute Gasteiger partial charge is 0.00914 e. The van der Waals surface area contributed by atoms with Gasteiger partial charge in [-0.15, -0.1) is 0 Å². The molecule has 0 aromatic heterocycles. The fourth-order valence-electron chi connectivity index (χ4n) is 2.26. The van der Waals surface area contributed by atoms with E-state index in [0.29, 0.717) is 12.0 Å². The maximum atomic E-state index is 6.10. The molecule has 1 saturated heterocycles. The van der Waals surface area contributed by atoms with E-state index in [1.165, 1.54) is 12.0 Å². The van der Waals surface area contributed by atoms with Crippen LogP contribution in [0.4, 0.5) is 0 Å². The summed E-state index contributed by atoms with van der Waals surface area (Å²) in [5.74, 6) is 0.652. The highest BCUT2D eigenvalue weighted by Gasteiger charge is 2.20. The number of aryl methyl sites for hydroxylation is 1. The van der Waals surface area contributed by atoms with Crippen LogP contribution in [0.2, 0.25) is 0 Å². The molecule has 2 atom stereocenters. The van der Waals surface area contributed by atoms with Crippen LogP contribution in [-0.4, -0.2) is 19.1 Å². The lowest BCUT2D eigenvalue weighted by molar-refractivity contribution is 0.310. The Morgan fingerprint density at radius 2 is 2.07 bits per heavy atom. The Bertz CT molecular complexity index is 284. The van der Waals surface area contributed by atoms with Gasteiger partial charge in [0.25, 0.3) is 0 Å². The first-order chi connectivity index (χ1) is 7.36. The van der Waals surface area contributed by atoms with Crippen LogP contribution in [0.15, 0.2) is 30.3 Å². The zero-order valence-electron chi connectivity index (χ0n) is 9.15. The Kier molecular flexibility index (Phi) is 3.75. The van der Waals surface area contributed by atoms with Gasteiger partial charge in [-0.05, 0) is 43.8 Å². The number of piperidine rings is 1. The Morgan fingerprint density at radius 1 is 1.27 bits per heavy atom. The van der Waals surface area contributed by atoms with Crippen molar-refractivity contribution in [1.29, 1.82) is 0 Å². The van der Waals surface area contributed by atoms with Crippen LogP contribution in [0.25, 0.3) is 0 Å². The van der Waals surface area contributed by atoms with E-state index >= 15 is 0 Å². The van der Waals surface area contributed by atoms with Crippen LogP contribution in [0.5, 0.6) is 0 Å². The summed E-state index contributed by atoms with van der Waals surface area (Å²) in [6.07, 6.45) is 3.48. The van der Waals surface area contributed by atoms with Gasteiger partial charge in [0.05, 0.1) is 0 Å². The van der Waals surface area contributed by atoms with Gasteiger partial charge in [0, 0.05) is 6.04 Å². The average molecular weight is 204 g/mol. The van der Waals surface area contributed by atoms with Gasteiger partial charge in [0.1, 0.15) is 0 Å². The Morgan fingerprint density at radius 3 is 2.80 bits per heavy atom. The van der Waals surface area contributed by atoms with Crippen molar-refractivity contribution in [3.05, 3.63) is 35.9 Å². The third kappa shape index (κ3) is 3.05. The predicted molar refractivity (Wildman–Crippen MR) is 63.7 cm³/mol. The number of rotatable bonds is 3. The van der Waals surface area contributed by atoms with Crippen molar-refractivity contribution in [3.8, 4) is 0 Å². The molecule has 2 heteroatoms. The lowest BCUT2D eigenvalue weighted by Crippen LogP contribution is -2.44. The predicted octanol–water partition coefficient (Wildman–Crippen LogP) is 1.56. The molecule has 0 aliphatic carbocycles. The molecule has 2 rings (SSSR count). The summed E-state index contributed by atoms with van der Waals surface area (Å²) in [5.41, 5.74) is 7.53. The topological polar surface area (TPSA) is 38.0 Å². The minimum atomic E-state index is 0.398. The highest BCUT2D eigenvalue weighted by molar-refractivity contribution is 5.14. The van der Waals surface area contributed by atoms with Crippen molar-refractivity contribution in [2.75, 3.05) is 13.1 Å². The Labute approximate surface area is 91.9 Å². The molecule has 0 saturated carbocycles. The van der Waals surface area contributed by atoms with E-state index in [9.17, 15) is 0 Å². The molecule has 1 fully saturated rings. The molecule has 1 aliphatic rings. The van der Waals surface area contributed by atoms with E-state index in [-0.39, 0.29) is 0 Å². The largest absolute Gasteiger partial charge is 0.327 e. The van der Waals surface area contributed by atoms with Gasteiger partial charge in [0.2, 0.25) is 0 Å². The number of benzene rings is 1. The van der Waals surface area contributed by atoms with Gasteiger partial charge >= 0.3 is 0 Å². The Hall–Kier alpha value is -0.860. The van der Waals surface area contributed by atoms with E-state index in [1.54, 1.807) is 0 Å². The molecule has 2 nitrogen and oxygen atoms in total. The van der Waals surface area contributed by atoms with Gasteiger partial charge in [-0.25, -0.2) is 0 Å². The fourth-order valence-corrected chi connectivity index (χ4v) is 2.26. The first-order valence-electron chi connectivity index (χ1n) is 5.86. The van der Waals surface area contributed by atoms with Gasteiger partial charge in [0.15, 0.2) is 0 Å². The average Bonchev–Trinajstić information content (AvgIpc) is 2.29. The summed E-state index contributed by atoms with van der Waals surface area (Å²) in [7, 11) is 0. The number of nitrogens with two attached hydrogens (primary N) is 1. The summed E-state index contributed by atoms with van der Waals surface area (Å²) >= 11 is 0. The second-order valence-electron chi connectivity index (χ2n) is 4.44. The summed E-state index contributed by atoms with van der Waals surface area (Å²) < 4.78 is 0. The maximum absolute atomic E-state index is 6.10. The number of nitrogens with one attached hydrogen (secondary N) is 1. The molecule has 2 unspecified atom stereocenters. The summed E-state index contributed by atoms with van der Waals surface area (Å²) in [4.78, 5) is 0. The molecule has 0 amide bonds. The zero-order valence-corrected chi connectivity index (χ0v) is 9.15. The van der Waals surface area contributed by atoms with Gasteiger partial charge in [-0.1, -0.05) is 30.3 Å². The monoisotopic (exact) mass is 204 g/mol. The quantitative estimate of drug-likeness (QED) is 0.784. The van der Waals surface area contributed by atoms with Crippen molar-refractivity contribution in [1.82, 2.24) is 5.32 Å². The van der Waals surface area contributed by atoms with Crippen LogP contribution < -0.4 is 11.1 Å². The molecule has 1 aliphatic heterocycles. The molecular weight excluding hydrogens is 184 g/mol. The highest BCUT2D eigenvalue weighted by Crippen LogP contribution is 2.16. The maximum Gasteiger partial charge on any atom is 0.00914 e.